The second-order valence-corrected chi connectivity index (χ2v) is 5.50. The predicted octanol–water partition coefficient (Wildman–Crippen LogP) is 2.62. The van der Waals surface area contributed by atoms with Gasteiger partial charge in [0.05, 0.1) is 23.6 Å². The van der Waals surface area contributed by atoms with Gasteiger partial charge in [-0.25, -0.2) is 9.37 Å². The predicted molar refractivity (Wildman–Crippen MR) is 84.9 cm³/mol. The van der Waals surface area contributed by atoms with E-state index in [0.29, 0.717) is 17.9 Å². The quantitative estimate of drug-likeness (QED) is 0.813. The van der Waals surface area contributed by atoms with E-state index >= 15 is 0 Å². The summed E-state index contributed by atoms with van der Waals surface area (Å²) in [7, 11) is 0. The Morgan fingerprint density at radius 2 is 1.87 bits per heavy atom. The Balaban J connectivity index is 2.03. The first-order valence-corrected chi connectivity index (χ1v) is 7.31. The highest BCUT2D eigenvalue weighted by atomic mass is 19.1. The van der Waals surface area contributed by atoms with Crippen LogP contribution in [0, 0.1) is 5.82 Å². The molecule has 0 unspecified atom stereocenters. The van der Waals surface area contributed by atoms with Gasteiger partial charge in [0, 0.05) is 13.5 Å². The second-order valence-electron chi connectivity index (χ2n) is 5.50. The summed E-state index contributed by atoms with van der Waals surface area (Å²) >= 11 is 0. The van der Waals surface area contributed by atoms with Gasteiger partial charge in [0.1, 0.15) is 11.5 Å². The molecule has 1 atom stereocenters. The molecule has 0 radical (unpaired) electrons. The molecule has 0 fully saturated rings. The fourth-order valence-electron chi connectivity index (χ4n) is 2.89. The third kappa shape index (κ3) is 2.67. The molecule has 0 saturated heterocycles. The molecule has 3 rings (SSSR count). The van der Waals surface area contributed by atoms with E-state index in [-0.39, 0.29) is 23.6 Å². The van der Waals surface area contributed by atoms with Gasteiger partial charge in [-0.1, -0.05) is 12.1 Å². The number of fused-ring (bicyclic) bond motifs is 1. The van der Waals surface area contributed by atoms with Crippen LogP contribution in [0.2, 0.25) is 0 Å². The van der Waals surface area contributed by atoms with E-state index in [1.807, 2.05) is 25.1 Å². The first-order valence-electron chi connectivity index (χ1n) is 7.31. The Hall–Kier alpha value is -2.76. The highest BCUT2D eigenvalue weighted by Gasteiger charge is 2.33. The number of aromatic nitrogens is 1. The number of hydrogen-bond acceptors (Lipinski definition) is 3. The Morgan fingerprint density at radius 3 is 2.48 bits per heavy atom. The van der Waals surface area contributed by atoms with Crippen LogP contribution in [0.3, 0.4) is 0 Å². The summed E-state index contributed by atoms with van der Waals surface area (Å²) < 4.78 is 13.0. The van der Waals surface area contributed by atoms with E-state index in [0.717, 1.165) is 6.20 Å². The van der Waals surface area contributed by atoms with Crippen LogP contribution in [0.4, 0.5) is 15.8 Å². The van der Waals surface area contributed by atoms with Crippen molar-refractivity contribution in [2.24, 2.45) is 0 Å². The van der Waals surface area contributed by atoms with E-state index in [9.17, 15) is 14.0 Å². The van der Waals surface area contributed by atoms with Crippen molar-refractivity contribution in [3.05, 3.63) is 54.1 Å². The molecule has 1 aromatic carbocycles. The maximum Gasteiger partial charge on any atom is 0.276 e. The van der Waals surface area contributed by atoms with Gasteiger partial charge in [0.2, 0.25) is 5.91 Å². The van der Waals surface area contributed by atoms with Gasteiger partial charge in [-0.05, 0) is 31.2 Å². The molecule has 0 spiro atoms. The van der Waals surface area contributed by atoms with Crippen molar-refractivity contribution in [1.82, 2.24) is 4.98 Å². The summed E-state index contributed by atoms with van der Waals surface area (Å²) in [6, 6.07) is 9.65. The minimum absolute atomic E-state index is 0.0723. The highest BCUT2D eigenvalue weighted by molar-refractivity contribution is 6.09. The van der Waals surface area contributed by atoms with E-state index in [1.165, 1.54) is 19.1 Å². The summed E-state index contributed by atoms with van der Waals surface area (Å²) in [5.74, 6) is -0.874. The number of para-hydroxylation sites is 2. The average molecular weight is 313 g/mol. The standard InChI is InChI=1S/C17H16FN3O2/c1-11-10-20(17(23)14-8-7-13(18)9-19-14)15-5-3-4-6-16(15)21(11)12(2)22/h3-9,11H,10H2,1-2H3/t11-/m0/s1. The van der Waals surface area contributed by atoms with Gasteiger partial charge >= 0.3 is 0 Å². The van der Waals surface area contributed by atoms with Crippen LogP contribution in [0.5, 0.6) is 0 Å². The molecule has 0 aliphatic carbocycles. The molecule has 2 amide bonds. The Bertz CT molecular complexity index is 761. The number of benzene rings is 1. The van der Waals surface area contributed by atoms with Gasteiger partial charge in [-0.3, -0.25) is 9.59 Å². The first kappa shape index (κ1) is 15.1. The molecule has 23 heavy (non-hydrogen) atoms. The second kappa shape index (κ2) is 5.79. The lowest BCUT2D eigenvalue weighted by molar-refractivity contribution is -0.117. The molecule has 2 heterocycles. The van der Waals surface area contributed by atoms with Crippen molar-refractivity contribution < 1.29 is 14.0 Å². The number of carbonyl (C=O) groups is 2. The summed E-state index contributed by atoms with van der Waals surface area (Å²) in [6.07, 6.45) is 1.02. The highest BCUT2D eigenvalue weighted by Crippen LogP contribution is 2.36. The first-order chi connectivity index (χ1) is 11.0. The molecule has 1 aromatic heterocycles. The monoisotopic (exact) mass is 313 g/mol. The van der Waals surface area contributed by atoms with Crippen molar-refractivity contribution in [3.8, 4) is 0 Å². The number of nitrogens with zero attached hydrogens (tertiary/aromatic N) is 3. The zero-order valence-corrected chi connectivity index (χ0v) is 12.9. The molecule has 0 saturated carbocycles. The molecular weight excluding hydrogens is 297 g/mol. The molecule has 6 heteroatoms. The molecule has 2 aromatic rings. The van der Waals surface area contributed by atoms with Crippen molar-refractivity contribution in [1.29, 1.82) is 0 Å². The van der Waals surface area contributed by atoms with Crippen LogP contribution in [0.1, 0.15) is 24.3 Å². The van der Waals surface area contributed by atoms with Crippen LogP contribution in [0.25, 0.3) is 0 Å². The molecule has 1 aliphatic heterocycles. The van der Waals surface area contributed by atoms with Crippen molar-refractivity contribution in [3.63, 3.8) is 0 Å². The van der Waals surface area contributed by atoms with Crippen LogP contribution >= 0.6 is 0 Å². The molecule has 5 nitrogen and oxygen atoms in total. The minimum Gasteiger partial charge on any atom is -0.306 e. The Labute approximate surface area is 133 Å². The lowest BCUT2D eigenvalue weighted by Crippen LogP contribution is -2.51. The lowest BCUT2D eigenvalue weighted by Gasteiger charge is -2.40. The maximum atomic E-state index is 13.0. The van der Waals surface area contributed by atoms with Crippen molar-refractivity contribution >= 4 is 23.2 Å². The molecule has 0 N–H and O–H groups in total. The number of carbonyl (C=O) groups excluding carboxylic acids is 2. The largest absolute Gasteiger partial charge is 0.306 e. The third-order valence-electron chi connectivity index (χ3n) is 3.85. The summed E-state index contributed by atoms with van der Waals surface area (Å²) in [4.78, 5) is 31.8. The third-order valence-corrected chi connectivity index (χ3v) is 3.85. The van der Waals surface area contributed by atoms with Gasteiger partial charge in [-0.15, -0.1) is 0 Å². The van der Waals surface area contributed by atoms with E-state index in [2.05, 4.69) is 4.98 Å². The molecule has 0 bridgehead atoms. The zero-order valence-electron chi connectivity index (χ0n) is 12.9. The van der Waals surface area contributed by atoms with Crippen LogP contribution < -0.4 is 9.80 Å². The number of rotatable bonds is 1. The van der Waals surface area contributed by atoms with Gasteiger partial charge < -0.3 is 9.80 Å². The van der Waals surface area contributed by atoms with Crippen LogP contribution in [-0.4, -0.2) is 29.4 Å². The van der Waals surface area contributed by atoms with Gasteiger partial charge in [0.25, 0.3) is 5.91 Å². The smallest absolute Gasteiger partial charge is 0.276 e. The van der Waals surface area contributed by atoms with Crippen molar-refractivity contribution in [2.75, 3.05) is 16.3 Å². The summed E-state index contributed by atoms with van der Waals surface area (Å²) in [6.45, 7) is 3.75. The number of pyridine rings is 1. The average Bonchev–Trinajstić information content (AvgIpc) is 2.53. The maximum absolute atomic E-state index is 13.0. The van der Waals surface area contributed by atoms with E-state index < -0.39 is 5.82 Å². The van der Waals surface area contributed by atoms with Crippen molar-refractivity contribution in [2.45, 2.75) is 19.9 Å². The van der Waals surface area contributed by atoms with Gasteiger partial charge in [0.15, 0.2) is 0 Å². The summed E-state index contributed by atoms with van der Waals surface area (Å²) in [5.41, 5.74) is 1.51. The Kier molecular flexibility index (Phi) is 3.82. The van der Waals surface area contributed by atoms with E-state index in [4.69, 9.17) is 0 Å². The van der Waals surface area contributed by atoms with Crippen LogP contribution in [0.15, 0.2) is 42.6 Å². The number of anilines is 2. The fourth-order valence-corrected chi connectivity index (χ4v) is 2.89. The minimum atomic E-state index is -0.489. The number of amides is 2. The summed E-state index contributed by atoms with van der Waals surface area (Å²) in [5, 5.41) is 0. The number of halogens is 1. The molecule has 1 aliphatic rings. The fraction of sp³-hybridized carbons (Fsp3) is 0.235. The molecular formula is C17H16FN3O2. The SMILES string of the molecule is CC(=O)N1c2ccccc2N(C(=O)c2ccc(F)cn2)C[C@@H]1C. The normalized spacial score (nSPS) is 16.9. The number of hydrogen-bond donors (Lipinski definition) is 0. The van der Waals surface area contributed by atoms with E-state index in [1.54, 1.807) is 15.9 Å². The molecule has 118 valence electrons. The Morgan fingerprint density at radius 1 is 1.17 bits per heavy atom. The lowest BCUT2D eigenvalue weighted by atomic mass is 10.1. The van der Waals surface area contributed by atoms with Crippen LogP contribution in [-0.2, 0) is 4.79 Å². The zero-order chi connectivity index (χ0) is 16.6. The van der Waals surface area contributed by atoms with Gasteiger partial charge in [-0.2, -0.15) is 0 Å². The topological polar surface area (TPSA) is 53.5 Å².